The van der Waals surface area contributed by atoms with Crippen LogP contribution in [0.2, 0.25) is 0 Å². The van der Waals surface area contributed by atoms with Gasteiger partial charge >= 0.3 is 5.97 Å². The molecular formula is C13H13NO2S2. The van der Waals surface area contributed by atoms with E-state index in [4.69, 9.17) is 4.74 Å². The molecule has 3 nitrogen and oxygen atoms in total. The monoisotopic (exact) mass is 279 g/mol. The SMILES string of the molecule is CCOC(=O)c1sc(Sc2ccccc2)nc1C. The number of nitrogens with zero attached hydrogens (tertiary/aromatic N) is 1. The average Bonchev–Trinajstić information content (AvgIpc) is 2.72. The van der Waals surface area contributed by atoms with Crippen LogP contribution in [0.3, 0.4) is 0 Å². The topological polar surface area (TPSA) is 39.2 Å². The predicted molar refractivity (Wildman–Crippen MR) is 73.4 cm³/mol. The molecule has 18 heavy (non-hydrogen) atoms. The second-order valence-electron chi connectivity index (χ2n) is 3.53. The minimum atomic E-state index is -0.285. The molecule has 1 aromatic carbocycles. The van der Waals surface area contributed by atoms with Gasteiger partial charge in [-0.05, 0) is 26.0 Å². The summed E-state index contributed by atoms with van der Waals surface area (Å²) in [4.78, 5) is 17.8. The summed E-state index contributed by atoms with van der Waals surface area (Å²) in [5.41, 5.74) is 0.733. The molecule has 2 aromatic rings. The Morgan fingerprint density at radius 3 is 2.78 bits per heavy atom. The van der Waals surface area contributed by atoms with Crippen molar-refractivity contribution >= 4 is 29.1 Å². The fraction of sp³-hybridized carbons (Fsp3) is 0.231. The van der Waals surface area contributed by atoms with E-state index in [1.165, 1.54) is 11.3 Å². The number of rotatable bonds is 4. The summed E-state index contributed by atoms with van der Waals surface area (Å²) in [5, 5.41) is 0. The molecule has 0 amide bonds. The largest absolute Gasteiger partial charge is 0.462 e. The van der Waals surface area contributed by atoms with Crippen LogP contribution in [0.15, 0.2) is 39.6 Å². The number of aryl methyl sites for hydroxylation is 1. The van der Waals surface area contributed by atoms with Gasteiger partial charge in [0.1, 0.15) is 4.88 Å². The van der Waals surface area contributed by atoms with Gasteiger partial charge in [0.05, 0.1) is 12.3 Å². The molecule has 0 unspecified atom stereocenters. The Balaban J connectivity index is 2.16. The number of benzene rings is 1. The number of hydrogen-bond acceptors (Lipinski definition) is 5. The van der Waals surface area contributed by atoms with Crippen molar-refractivity contribution < 1.29 is 9.53 Å². The van der Waals surface area contributed by atoms with Crippen molar-refractivity contribution in [1.82, 2.24) is 4.98 Å². The van der Waals surface area contributed by atoms with E-state index in [1.807, 2.05) is 37.3 Å². The van der Waals surface area contributed by atoms with Crippen LogP contribution in [0.1, 0.15) is 22.3 Å². The van der Waals surface area contributed by atoms with Crippen molar-refractivity contribution in [2.45, 2.75) is 23.1 Å². The molecule has 94 valence electrons. The lowest BCUT2D eigenvalue weighted by Crippen LogP contribution is -2.03. The van der Waals surface area contributed by atoms with Gasteiger partial charge < -0.3 is 4.74 Å². The molecule has 0 aliphatic heterocycles. The van der Waals surface area contributed by atoms with Crippen LogP contribution < -0.4 is 0 Å². The maximum atomic E-state index is 11.7. The highest BCUT2D eigenvalue weighted by molar-refractivity contribution is 8.01. The molecule has 0 atom stereocenters. The van der Waals surface area contributed by atoms with E-state index >= 15 is 0 Å². The van der Waals surface area contributed by atoms with Crippen molar-refractivity contribution in [3.05, 3.63) is 40.9 Å². The van der Waals surface area contributed by atoms with Gasteiger partial charge in [-0.15, -0.1) is 11.3 Å². The van der Waals surface area contributed by atoms with Gasteiger partial charge in [0.25, 0.3) is 0 Å². The van der Waals surface area contributed by atoms with Gasteiger partial charge in [0.2, 0.25) is 0 Å². The number of ether oxygens (including phenoxy) is 1. The Bertz CT molecular complexity index is 537. The van der Waals surface area contributed by atoms with E-state index in [0.717, 1.165) is 14.9 Å². The Kier molecular flexibility index (Phi) is 4.38. The third-order valence-corrected chi connectivity index (χ3v) is 4.39. The van der Waals surface area contributed by atoms with Crippen LogP contribution in [0.4, 0.5) is 0 Å². The van der Waals surface area contributed by atoms with Crippen molar-refractivity contribution in [2.24, 2.45) is 0 Å². The number of esters is 1. The van der Waals surface area contributed by atoms with Crippen LogP contribution >= 0.6 is 23.1 Å². The Labute approximate surface area is 114 Å². The molecule has 2 rings (SSSR count). The Morgan fingerprint density at radius 2 is 2.11 bits per heavy atom. The third-order valence-electron chi connectivity index (χ3n) is 2.19. The van der Waals surface area contributed by atoms with E-state index in [2.05, 4.69) is 4.98 Å². The zero-order valence-corrected chi connectivity index (χ0v) is 11.8. The standard InChI is InChI=1S/C13H13NO2S2/c1-3-16-12(15)11-9(2)14-13(18-11)17-10-7-5-4-6-8-10/h4-8H,3H2,1-2H3. The lowest BCUT2D eigenvalue weighted by molar-refractivity contribution is 0.0531. The van der Waals surface area contributed by atoms with Gasteiger partial charge in [-0.25, -0.2) is 9.78 Å². The molecular weight excluding hydrogens is 266 g/mol. The zero-order chi connectivity index (χ0) is 13.0. The number of aromatic nitrogens is 1. The van der Waals surface area contributed by atoms with Crippen LogP contribution in [0.5, 0.6) is 0 Å². The molecule has 5 heteroatoms. The summed E-state index contributed by atoms with van der Waals surface area (Å²) in [7, 11) is 0. The molecule has 0 saturated heterocycles. The highest BCUT2D eigenvalue weighted by Gasteiger charge is 2.16. The van der Waals surface area contributed by atoms with Crippen LogP contribution in [0, 0.1) is 6.92 Å². The summed E-state index contributed by atoms with van der Waals surface area (Å²) < 4.78 is 5.86. The fourth-order valence-corrected chi connectivity index (χ4v) is 3.47. The molecule has 0 radical (unpaired) electrons. The summed E-state index contributed by atoms with van der Waals surface area (Å²) in [6, 6.07) is 9.97. The summed E-state index contributed by atoms with van der Waals surface area (Å²) in [6.07, 6.45) is 0. The maximum absolute atomic E-state index is 11.7. The third kappa shape index (κ3) is 3.11. The molecule has 0 aliphatic rings. The van der Waals surface area contributed by atoms with Gasteiger partial charge in [-0.3, -0.25) is 0 Å². The maximum Gasteiger partial charge on any atom is 0.350 e. The lowest BCUT2D eigenvalue weighted by Gasteiger charge is -1.97. The summed E-state index contributed by atoms with van der Waals surface area (Å²) in [6.45, 7) is 4.02. The highest BCUT2D eigenvalue weighted by Crippen LogP contribution is 2.32. The van der Waals surface area contributed by atoms with E-state index in [9.17, 15) is 4.79 Å². The van der Waals surface area contributed by atoms with Gasteiger partial charge in [0.15, 0.2) is 4.34 Å². The number of thiazole rings is 1. The molecule has 0 bridgehead atoms. The average molecular weight is 279 g/mol. The first-order chi connectivity index (χ1) is 8.70. The van der Waals surface area contributed by atoms with Crippen LogP contribution in [0.25, 0.3) is 0 Å². The first kappa shape index (κ1) is 13.1. The molecule has 0 N–H and O–H groups in total. The van der Waals surface area contributed by atoms with E-state index < -0.39 is 0 Å². The van der Waals surface area contributed by atoms with Crippen molar-refractivity contribution in [3.8, 4) is 0 Å². The number of carbonyl (C=O) groups excluding carboxylic acids is 1. The molecule has 1 heterocycles. The van der Waals surface area contributed by atoms with Gasteiger partial charge in [0, 0.05) is 4.90 Å². The second-order valence-corrected chi connectivity index (χ2v) is 5.85. The minimum Gasteiger partial charge on any atom is -0.462 e. The minimum absolute atomic E-state index is 0.285. The predicted octanol–water partition coefficient (Wildman–Crippen LogP) is 3.78. The fourth-order valence-electron chi connectivity index (χ4n) is 1.39. The van der Waals surface area contributed by atoms with Gasteiger partial charge in [-0.2, -0.15) is 0 Å². The molecule has 0 saturated carbocycles. The normalized spacial score (nSPS) is 10.3. The zero-order valence-electron chi connectivity index (χ0n) is 10.2. The summed E-state index contributed by atoms with van der Waals surface area (Å²) in [5.74, 6) is -0.285. The molecule has 0 spiro atoms. The number of carbonyl (C=O) groups is 1. The van der Waals surface area contributed by atoms with E-state index in [0.29, 0.717) is 11.5 Å². The van der Waals surface area contributed by atoms with Gasteiger partial charge in [-0.1, -0.05) is 30.0 Å². The van der Waals surface area contributed by atoms with Crippen molar-refractivity contribution in [1.29, 1.82) is 0 Å². The number of hydrogen-bond donors (Lipinski definition) is 0. The van der Waals surface area contributed by atoms with Crippen LogP contribution in [-0.2, 0) is 4.74 Å². The lowest BCUT2D eigenvalue weighted by atomic mass is 10.4. The molecule has 0 fully saturated rings. The van der Waals surface area contributed by atoms with Crippen molar-refractivity contribution in [2.75, 3.05) is 6.61 Å². The second kappa shape index (κ2) is 6.02. The van der Waals surface area contributed by atoms with Crippen molar-refractivity contribution in [3.63, 3.8) is 0 Å². The Morgan fingerprint density at radius 1 is 1.39 bits per heavy atom. The first-order valence-electron chi connectivity index (χ1n) is 5.58. The van der Waals surface area contributed by atoms with E-state index in [1.54, 1.807) is 18.7 Å². The first-order valence-corrected chi connectivity index (χ1v) is 7.21. The highest BCUT2D eigenvalue weighted by atomic mass is 32.2. The Hall–Kier alpha value is -1.33. The quantitative estimate of drug-likeness (QED) is 0.798. The smallest absolute Gasteiger partial charge is 0.350 e. The summed E-state index contributed by atoms with van der Waals surface area (Å²) >= 11 is 2.94. The molecule has 0 aliphatic carbocycles. The molecule has 1 aromatic heterocycles. The van der Waals surface area contributed by atoms with E-state index in [-0.39, 0.29) is 5.97 Å². The van der Waals surface area contributed by atoms with Crippen LogP contribution in [-0.4, -0.2) is 17.6 Å².